The zero-order chi connectivity index (χ0) is 16.4. The van der Waals surface area contributed by atoms with Crippen LogP contribution in [0.4, 0.5) is 4.39 Å². The van der Waals surface area contributed by atoms with Gasteiger partial charge in [-0.2, -0.15) is 5.10 Å². The summed E-state index contributed by atoms with van der Waals surface area (Å²) in [5, 5.41) is 7.94. The predicted molar refractivity (Wildman–Crippen MR) is 99.4 cm³/mol. The van der Waals surface area contributed by atoms with Crippen LogP contribution in [0, 0.1) is 11.2 Å². The van der Waals surface area contributed by atoms with Crippen LogP contribution in [0.5, 0.6) is 0 Å². The summed E-state index contributed by atoms with van der Waals surface area (Å²) in [5.74, 6) is -0.194. The Hall–Kier alpha value is -1.43. The number of likely N-dealkylation sites (tertiary alicyclic amines) is 1. The van der Waals surface area contributed by atoms with Gasteiger partial charge < -0.3 is 5.32 Å². The second-order valence-corrected chi connectivity index (χ2v) is 7.38. The second-order valence-electron chi connectivity index (χ2n) is 7.38. The monoisotopic (exact) mass is 364 g/mol. The highest BCUT2D eigenvalue weighted by atomic mass is 35.5. The van der Waals surface area contributed by atoms with Gasteiger partial charge in [0.25, 0.3) is 0 Å². The maximum absolute atomic E-state index is 13.0. The van der Waals surface area contributed by atoms with Crippen LogP contribution < -0.4 is 5.32 Å². The van der Waals surface area contributed by atoms with E-state index >= 15 is 0 Å². The number of hydrogen-bond donors (Lipinski definition) is 1. The zero-order valence-corrected chi connectivity index (χ0v) is 15.3. The number of benzene rings is 1. The van der Waals surface area contributed by atoms with Gasteiger partial charge in [-0.3, -0.25) is 9.58 Å². The fourth-order valence-electron chi connectivity index (χ4n) is 4.14. The van der Waals surface area contributed by atoms with Gasteiger partial charge in [-0.15, -0.1) is 12.4 Å². The summed E-state index contributed by atoms with van der Waals surface area (Å²) < 4.78 is 14.9. The molecule has 3 heterocycles. The van der Waals surface area contributed by atoms with Gasteiger partial charge in [0.05, 0.1) is 12.7 Å². The third-order valence-electron chi connectivity index (χ3n) is 5.53. The van der Waals surface area contributed by atoms with Crippen molar-refractivity contribution >= 4 is 12.4 Å². The number of piperidine rings is 1. The third-order valence-corrected chi connectivity index (χ3v) is 5.53. The summed E-state index contributed by atoms with van der Waals surface area (Å²) in [6, 6.07) is 6.64. The molecule has 4 nitrogen and oxygen atoms in total. The molecule has 1 N–H and O–H groups in total. The second kappa shape index (κ2) is 7.85. The van der Waals surface area contributed by atoms with E-state index in [1.165, 1.54) is 63.1 Å². The van der Waals surface area contributed by atoms with Crippen molar-refractivity contribution < 1.29 is 4.39 Å². The minimum Gasteiger partial charge on any atom is -0.317 e. The molecule has 0 atom stereocenters. The molecule has 1 aromatic carbocycles. The van der Waals surface area contributed by atoms with Crippen LogP contribution in [-0.2, 0) is 13.1 Å². The van der Waals surface area contributed by atoms with E-state index in [4.69, 9.17) is 0 Å². The van der Waals surface area contributed by atoms with Crippen LogP contribution in [-0.4, -0.2) is 40.9 Å². The van der Waals surface area contributed by atoms with Crippen molar-refractivity contribution in [3.8, 4) is 0 Å². The van der Waals surface area contributed by atoms with E-state index in [2.05, 4.69) is 21.5 Å². The first kappa shape index (κ1) is 18.4. The summed E-state index contributed by atoms with van der Waals surface area (Å²) in [6.07, 6.45) is 8.05. The largest absolute Gasteiger partial charge is 0.317 e. The lowest BCUT2D eigenvalue weighted by molar-refractivity contribution is 0.194. The molecular formula is C19H26ClFN4. The van der Waals surface area contributed by atoms with Crippen molar-refractivity contribution in [1.29, 1.82) is 0 Å². The number of nitrogens with zero attached hydrogens (tertiary/aromatic N) is 3. The van der Waals surface area contributed by atoms with Crippen molar-refractivity contribution in [2.45, 2.75) is 32.4 Å². The zero-order valence-electron chi connectivity index (χ0n) is 14.5. The third kappa shape index (κ3) is 4.40. The predicted octanol–water partition coefficient (Wildman–Crippen LogP) is 3.07. The highest BCUT2D eigenvalue weighted by molar-refractivity contribution is 5.85. The average Bonchev–Trinajstić information content (AvgIpc) is 3.18. The van der Waals surface area contributed by atoms with Gasteiger partial charge in [0.1, 0.15) is 5.82 Å². The average molecular weight is 365 g/mol. The van der Waals surface area contributed by atoms with Gasteiger partial charge in [0.15, 0.2) is 0 Å². The first-order chi connectivity index (χ1) is 11.7. The molecule has 1 aromatic heterocycles. The lowest BCUT2D eigenvalue weighted by Gasteiger charge is -2.33. The van der Waals surface area contributed by atoms with Gasteiger partial charge >= 0.3 is 0 Å². The normalized spacial score (nSPS) is 19.9. The Morgan fingerprint density at radius 1 is 1.04 bits per heavy atom. The van der Waals surface area contributed by atoms with E-state index < -0.39 is 0 Å². The van der Waals surface area contributed by atoms with Crippen LogP contribution in [0.15, 0.2) is 36.7 Å². The van der Waals surface area contributed by atoms with E-state index in [0.29, 0.717) is 12.0 Å². The van der Waals surface area contributed by atoms with Gasteiger partial charge in [0.2, 0.25) is 0 Å². The maximum Gasteiger partial charge on any atom is 0.123 e. The highest BCUT2D eigenvalue weighted by Crippen LogP contribution is 2.38. The molecule has 136 valence electrons. The standard InChI is InChI=1S/C19H25FN4.ClH/c20-18-3-1-16(2-4-18)13-24-14-17(11-22-24)12-23-10-7-19(15-23)5-8-21-9-6-19;/h1-4,11,14,21H,5-10,12-13,15H2;1H. The Balaban J connectivity index is 0.00000182. The lowest BCUT2D eigenvalue weighted by Crippen LogP contribution is -2.38. The molecule has 0 amide bonds. The van der Waals surface area contributed by atoms with Crippen LogP contribution in [0.2, 0.25) is 0 Å². The van der Waals surface area contributed by atoms with Crippen LogP contribution in [0.25, 0.3) is 0 Å². The molecule has 1 spiro atoms. The minimum absolute atomic E-state index is 0. The van der Waals surface area contributed by atoms with E-state index in [1.807, 2.05) is 23.0 Å². The molecule has 2 saturated heterocycles. The Morgan fingerprint density at radius 2 is 1.80 bits per heavy atom. The number of rotatable bonds is 4. The quantitative estimate of drug-likeness (QED) is 0.905. The van der Waals surface area contributed by atoms with E-state index in [1.54, 1.807) is 0 Å². The van der Waals surface area contributed by atoms with Gasteiger partial charge in [-0.25, -0.2) is 4.39 Å². The van der Waals surface area contributed by atoms with Crippen molar-refractivity contribution in [3.05, 3.63) is 53.6 Å². The number of hydrogen-bond acceptors (Lipinski definition) is 3. The van der Waals surface area contributed by atoms with Crippen molar-refractivity contribution in [2.75, 3.05) is 26.2 Å². The molecule has 6 heteroatoms. The fraction of sp³-hybridized carbons (Fsp3) is 0.526. The number of nitrogens with one attached hydrogen (secondary N) is 1. The Kier molecular flexibility index (Phi) is 5.77. The molecule has 0 bridgehead atoms. The first-order valence-corrected chi connectivity index (χ1v) is 8.90. The Morgan fingerprint density at radius 3 is 2.56 bits per heavy atom. The van der Waals surface area contributed by atoms with Crippen molar-refractivity contribution in [1.82, 2.24) is 20.0 Å². The SMILES string of the molecule is Cl.Fc1ccc(Cn2cc(CN3CCC4(CCNCC4)C3)cn2)cc1. The first-order valence-electron chi connectivity index (χ1n) is 8.90. The van der Waals surface area contributed by atoms with E-state index in [9.17, 15) is 4.39 Å². The summed E-state index contributed by atoms with van der Waals surface area (Å²) in [7, 11) is 0. The van der Waals surface area contributed by atoms with E-state index in [0.717, 1.165) is 12.1 Å². The molecule has 0 unspecified atom stereocenters. The van der Waals surface area contributed by atoms with Crippen molar-refractivity contribution in [3.63, 3.8) is 0 Å². The Bertz CT molecular complexity index is 679. The van der Waals surface area contributed by atoms with Crippen LogP contribution in [0.1, 0.15) is 30.4 Å². The highest BCUT2D eigenvalue weighted by Gasteiger charge is 2.38. The minimum atomic E-state index is -0.194. The molecular weight excluding hydrogens is 339 g/mol. The topological polar surface area (TPSA) is 33.1 Å². The molecule has 2 fully saturated rings. The fourth-order valence-corrected chi connectivity index (χ4v) is 4.14. The van der Waals surface area contributed by atoms with Gasteiger partial charge in [0, 0.05) is 24.8 Å². The smallest absolute Gasteiger partial charge is 0.123 e. The molecule has 0 radical (unpaired) electrons. The molecule has 0 saturated carbocycles. The molecule has 2 aromatic rings. The Labute approximate surface area is 154 Å². The molecule has 2 aliphatic heterocycles. The summed E-state index contributed by atoms with van der Waals surface area (Å²) in [5.41, 5.74) is 2.89. The number of aromatic nitrogens is 2. The summed E-state index contributed by atoms with van der Waals surface area (Å²) in [6.45, 7) is 6.43. The molecule has 2 aliphatic rings. The molecule has 25 heavy (non-hydrogen) atoms. The number of halogens is 2. The molecule has 0 aliphatic carbocycles. The summed E-state index contributed by atoms with van der Waals surface area (Å²) >= 11 is 0. The van der Waals surface area contributed by atoms with Gasteiger partial charge in [-0.1, -0.05) is 12.1 Å². The maximum atomic E-state index is 13.0. The van der Waals surface area contributed by atoms with Gasteiger partial charge in [-0.05, 0) is 62.0 Å². The summed E-state index contributed by atoms with van der Waals surface area (Å²) in [4.78, 5) is 2.57. The lowest BCUT2D eigenvalue weighted by atomic mass is 9.78. The molecule has 4 rings (SSSR count). The van der Waals surface area contributed by atoms with E-state index in [-0.39, 0.29) is 18.2 Å². The van der Waals surface area contributed by atoms with Crippen LogP contribution >= 0.6 is 12.4 Å². The van der Waals surface area contributed by atoms with Crippen LogP contribution in [0.3, 0.4) is 0 Å². The van der Waals surface area contributed by atoms with Crippen molar-refractivity contribution in [2.24, 2.45) is 5.41 Å².